The summed E-state index contributed by atoms with van der Waals surface area (Å²) in [5, 5.41) is 3.52. The van der Waals surface area contributed by atoms with Gasteiger partial charge in [-0.3, -0.25) is 0 Å². The molecule has 108 valence electrons. The molecule has 1 aromatic heterocycles. The third-order valence-electron chi connectivity index (χ3n) is 2.90. The predicted octanol–water partition coefficient (Wildman–Crippen LogP) is 3.56. The van der Waals surface area contributed by atoms with Crippen LogP contribution in [0.25, 0.3) is 0 Å². The Balaban J connectivity index is 1.83. The molecule has 0 saturated carbocycles. The number of aromatic nitrogens is 2. The summed E-state index contributed by atoms with van der Waals surface area (Å²) >= 11 is 1.89. The van der Waals surface area contributed by atoms with E-state index in [-0.39, 0.29) is 5.54 Å². The normalized spacial score (nSPS) is 11.8. The van der Waals surface area contributed by atoms with Gasteiger partial charge < -0.3 is 9.88 Å². The second-order valence-corrected chi connectivity index (χ2v) is 7.07. The number of hydrogen-bond donors (Lipinski definition) is 1. The zero-order chi connectivity index (χ0) is 14.4. The van der Waals surface area contributed by atoms with Crippen molar-refractivity contribution in [3.05, 3.63) is 48.5 Å². The standard InChI is InChI=1S/C16H23N3S/c1-16(2,3)18-12-14-5-4-6-15(11-14)20-10-9-19-8-7-17-13-19/h4-8,11,13,18H,9-10,12H2,1-3H3. The molecule has 1 aromatic carbocycles. The van der Waals surface area contributed by atoms with Gasteiger partial charge in [-0.15, -0.1) is 11.8 Å². The Kier molecular flexibility index (Phi) is 5.26. The highest BCUT2D eigenvalue weighted by Gasteiger charge is 2.08. The topological polar surface area (TPSA) is 29.9 Å². The Hall–Kier alpha value is -1.26. The molecule has 0 bridgehead atoms. The van der Waals surface area contributed by atoms with Crippen LogP contribution in [0.5, 0.6) is 0 Å². The minimum Gasteiger partial charge on any atom is -0.337 e. The molecule has 0 atom stereocenters. The maximum Gasteiger partial charge on any atom is 0.0946 e. The average Bonchev–Trinajstić information content (AvgIpc) is 2.89. The minimum absolute atomic E-state index is 0.157. The zero-order valence-electron chi connectivity index (χ0n) is 12.5. The van der Waals surface area contributed by atoms with Crippen LogP contribution in [0.4, 0.5) is 0 Å². The zero-order valence-corrected chi connectivity index (χ0v) is 13.3. The molecule has 2 rings (SSSR count). The van der Waals surface area contributed by atoms with Crippen LogP contribution in [-0.4, -0.2) is 20.8 Å². The van der Waals surface area contributed by atoms with E-state index in [1.54, 1.807) is 0 Å². The first-order chi connectivity index (χ1) is 9.53. The van der Waals surface area contributed by atoms with E-state index >= 15 is 0 Å². The van der Waals surface area contributed by atoms with Crippen LogP contribution in [0.2, 0.25) is 0 Å². The fraction of sp³-hybridized carbons (Fsp3) is 0.438. The summed E-state index contributed by atoms with van der Waals surface area (Å²) in [6, 6.07) is 8.77. The van der Waals surface area contributed by atoms with Gasteiger partial charge in [-0.05, 0) is 38.5 Å². The Morgan fingerprint density at radius 3 is 2.85 bits per heavy atom. The fourth-order valence-electron chi connectivity index (χ4n) is 1.80. The second kappa shape index (κ2) is 6.95. The molecule has 0 aliphatic rings. The molecule has 0 spiro atoms. The van der Waals surface area contributed by atoms with Gasteiger partial charge in [-0.25, -0.2) is 4.98 Å². The summed E-state index contributed by atoms with van der Waals surface area (Å²) in [4.78, 5) is 5.39. The van der Waals surface area contributed by atoms with E-state index in [0.717, 1.165) is 18.8 Å². The monoisotopic (exact) mass is 289 g/mol. The lowest BCUT2D eigenvalue weighted by molar-refractivity contribution is 0.424. The van der Waals surface area contributed by atoms with E-state index in [4.69, 9.17) is 0 Å². The van der Waals surface area contributed by atoms with Crippen molar-refractivity contribution in [2.24, 2.45) is 0 Å². The van der Waals surface area contributed by atoms with Crippen LogP contribution in [0.15, 0.2) is 47.9 Å². The number of nitrogens with one attached hydrogen (secondary N) is 1. The molecule has 2 aromatic rings. The molecule has 0 aliphatic heterocycles. The molecule has 0 radical (unpaired) electrons. The SMILES string of the molecule is CC(C)(C)NCc1cccc(SCCn2ccnc2)c1. The smallest absolute Gasteiger partial charge is 0.0946 e. The van der Waals surface area contributed by atoms with Gasteiger partial charge in [0.1, 0.15) is 0 Å². The maximum atomic E-state index is 4.05. The first kappa shape index (κ1) is 15.1. The lowest BCUT2D eigenvalue weighted by Crippen LogP contribution is -2.35. The summed E-state index contributed by atoms with van der Waals surface area (Å²) in [6.45, 7) is 8.48. The van der Waals surface area contributed by atoms with Gasteiger partial charge in [0.05, 0.1) is 6.33 Å². The first-order valence-electron chi connectivity index (χ1n) is 6.95. The van der Waals surface area contributed by atoms with Crippen LogP contribution in [0.1, 0.15) is 26.3 Å². The quantitative estimate of drug-likeness (QED) is 0.825. The lowest BCUT2D eigenvalue weighted by atomic mass is 10.1. The Morgan fingerprint density at radius 2 is 2.15 bits per heavy atom. The van der Waals surface area contributed by atoms with E-state index < -0.39 is 0 Å². The van der Waals surface area contributed by atoms with Crippen molar-refractivity contribution in [1.29, 1.82) is 0 Å². The first-order valence-corrected chi connectivity index (χ1v) is 7.94. The average molecular weight is 289 g/mol. The van der Waals surface area contributed by atoms with Crippen LogP contribution in [0, 0.1) is 0 Å². The molecular weight excluding hydrogens is 266 g/mol. The molecule has 0 fully saturated rings. The van der Waals surface area contributed by atoms with Crippen LogP contribution in [0.3, 0.4) is 0 Å². The highest BCUT2D eigenvalue weighted by molar-refractivity contribution is 7.99. The number of thioether (sulfide) groups is 1. The van der Waals surface area contributed by atoms with Gasteiger partial charge in [-0.1, -0.05) is 12.1 Å². The summed E-state index contributed by atoms with van der Waals surface area (Å²) in [5.74, 6) is 1.06. The predicted molar refractivity (Wildman–Crippen MR) is 86.0 cm³/mol. The number of aryl methyl sites for hydroxylation is 1. The van der Waals surface area contributed by atoms with Crippen molar-refractivity contribution >= 4 is 11.8 Å². The van der Waals surface area contributed by atoms with Gasteiger partial charge in [0.2, 0.25) is 0 Å². The third-order valence-corrected chi connectivity index (χ3v) is 3.87. The van der Waals surface area contributed by atoms with Crippen molar-refractivity contribution in [2.75, 3.05) is 5.75 Å². The number of benzene rings is 1. The number of hydrogen-bond acceptors (Lipinski definition) is 3. The molecule has 20 heavy (non-hydrogen) atoms. The van der Waals surface area contributed by atoms with Gasteiger partial charge in [0, 0.05) is 41.7 Å². The molecule has 0 unspecified atom stereocenters. The van der Waals surface area contributed by atoms with Crippen molar-refractivity contribution in [1.82, 2.24) is 14.9 Å². The summed E-state index contributed by atoms with van der Waals surface area (Å²) in [5.41, 5.74) is 1.50. The van der Waals surface area contributed by atoms with E-state index in [2.05, 4.69) is 59.9 Å². The molecular formula is C16H23N3S. The third kappa shape index (κ3) is 5.39. The molecule has 4 heteroatoms. The van der Waals surface area contributed by atoms with Gasteiger partial charge in [-0.2, -0.15) is 0 Å². The molecule has 0 saturated heterocycles. The van der Waals surface area contributed by atoms with Crippen LogP contribution < -0.4 is 5.32 Å². The molecule has 0 amide bonds. The number of rotatable bonds is 6. The minimum atomic E-state index is 0.157. The Labute approximate surface area is 125 Å². The van der Waals surface area contributed by atoms with Crippen molar-refractivity contribution < 1.29 is 0 Å². The highest BCUT2D eigenvalue weighted by atomic mass is 32.2. The van der Waals surface area contributed by atoms with Crippen molar-refractivity contribution in [3.8, 4) is 0 Å². The molecule has 1 N–H and O–H groups in total. The lowest BCUT2D eigenvalue weighted by Gasteiger charge is -2.20. The largest absolute Gasteiger partial charge is 0.337 e. The maximum absolute atomic E-state index is 4.05. The summed E-state index contributed by atoms with van der Waals surface area (Å²) in [6.07, 6.45) is 5.69. The second-order valence-electron chi connectivity index (χ2n) is 5.90. The van der Waals surface area contributed by atoms with Gasteiger partial charge in [0.15, 0.2) is 0 Å². The Bertz CT molecular complexity index is 515. The Morgan fingerprint density at radius 1 is 1.30 bits per heavy atom. The highest BCUT2D eigenvalue weighted by Crippen LogP contribution is 2.19. The van der Waals surface area contributed by atoms with Crippen LogP contribution >= 0.6 is 11.8 Å². The molecule has 1 heterocycles. The summed E-state index contributed by atoms with van der Waals surface area (Å²) in [7, 11) is 0. The van der Waals surface area contributed by atoms with Gasteiger partial charge in [0.25, 0.3) is 0 Å². The van der Waals surface area contributed by atoms with E-state index in [0.29, 0.717) is 0 Å². The fourth-order valence-corrected chi connectivity index (χ4v) is 2.75. The van der Waals surface area contributed by atoms with Gasteiger partial charge >= 0.3 is 0 Å². The molecule has 3 nitrogen and oxygen atoms in total. The van der Waals surface area contributed by atoms with E-state index in [1.807, 2.05) is 30.5 Å². The molecule has 0 aliphatic carbocycles. The number of nitrogens with zero attached hydrogens (tertiary/aromatic N) is 2. The van der Waals surface area contributed by atoms with Crippen molar-refractivity contribution in [2.45, 2.75) is 44.3 Å². The van der Waals surface area contributed by atoms with Crippen molar-refractivity contribution in [3.63, 3.8) is 0 Å². The number of imidazole rings is 1. The van der Waals surface area contributed by atoms with Crippen LogP contribution in [-0.2, 0) is 13.1 Å². The van der Waals surface area contributed by atoms with E-state index in [9.17, 15) is 0 Å². The summed E-state index contributed by atoms with van der Waals surface area (Å²) < 4.78 is 2.11. The van der Waals surface area contributed by atoms with E-state index in [1.165, 1.54) is 10.5 Å².